The van der Waals surface area contributed by atoms with E-state index >= 15 is 0 Å². The molecule has 0 amide bonds. The fourth-order valence-electron chi connectivity index (χ4n) is 1.39. The number of aliphatic hydroxyl groups excluding tert-OH is 1. The number of rotatable bonds is 2. The lowest BCUT2D eigenvalue weighted by Crippen LogP contribution is -2.03. The minimum atomic E-state index is -1.01. The molecule has 0 bridgehead atoms. The number of pyridine rings is 1. The van der Waals surface area contributed by atoms with Gasteiger partial charge in [0.1, 0.15) is 11.9 Å². The second kappa shape index (κ2) is 4.19. The normalized spacial score (nSPS) is 12.4. The van der Waals surface area contributed by atoms with Crippen LogP contribution in [0.3, 0.4) is 0 Å². The number of nitrogens with zero attached hydrogens (tertiary/aromatic N) is 1. The minimum absolute atomic E-state index is 0.246. The van der Waals surface area contributed by atoms with Crippen molar-refractivity contribution in [3.63, 3.8) is 0 Å². The molecular formula is C12H10FNO. The molecule has 0 aliphatic carbocycles. The molecule has 0 aliphatic rings. The highest BCUT2D eigenvalue weighted by molar-refractivity contribution is 5.26. The highest BCUT2D eigenvalue weighted by atomic mass is 19.1. The van der Waals surface area contributed by atoms with Crippen molar-refractivity contribution in [2.24, 2.45) is 0 Å². The lowest BCUT2D eigenvalue weighted by atomic mass is 10.1. The molecule has 1 N–H and O–H groups in total. The Kier molecular flexibility index (Phi) is 2.74. The molecule has 15 heavy (non-hydrogen) atoms. The zero-order chi connectivity index (χ0) is 10.7. The summed E-state index contributed by atoms with van der Waals surface area (Å²) in [7, 11) is 0. The van der Waals surface area contributed by atoms with E-state index in [2.05, 4.69) is 4.98 Å². The van der Waals surface area contributed by atoms with Gasteiger partial charge in [-0.25, -0.2) is 4.39 Å². The van der Waals surface area contributed by atoms with Crippen molar-refractivity contribution in [1.29, 1.82) is 0 Å². The molecule has 2 rings (SSSR count). The van der Waals surface area contributed by atoms with Gasteiger partial charge in [0, 0.05) is 11.8 Å². The first-order chi connectivity index (χ1) is 7.29. The number of aliphatic hydroxyl groups is 1. The van der Waals surface area contributed by atoms with Gasteiger partial charge in [-0.15, -0.1) is 0 Å². The third-order valence-corrected chi connectivity index (χ3v) is 2.17. The van der Waals surface area contributed by atoms with Crippen molar-refractivity contribution >= 4 is 0 Å². The van der Waals surface area contributed by atoms with Gasteiger partial charge in [-0.3, -0.25) is 4.98 Å². The smallest absolute Gasteiger partial charge is 0.129 e. The first kappa shape index (κ1) is 9.80. The van der Waals surface area contributed by atoms with Gasteiger partial charge in [-0.05, 0) is 18.2 Å². The van der Waals surface area contributed by atoms with Crippen LogP contribution in [0.1, 0.15) is 17.4 Å². The van der Waals surface area contributed by atoms with Gasteiger partial charge >= 0.3 is 0 Å². The van der Waals surface area contributed by atoms with E-state index in [4.69, 9.17) is 0 Å². The Hall–Kier alpha value is -1.74. The van der Waals surface area contributed by atoms with Crippen molar-refractivity contribution in [3.05, 3.63) is 65.7 Å². The summed E-state index contributed by atoms with van der Waals surface area (Å²) in [4.78, 5) is 3.98. The van der Waals surface area contributed by atoms with Crippen LogP contribution in [0.15, 0.2) is 48.7 Å². The van der Waals surface area contributed by atoms with E-state index < -0.39 is 11.9 Å². The van der Waals surface area contributed by atoms with Crippen molar-refractivity contribution < 1.29 is 9.50 Å². The Morgan fingerprint density at radius 2 is 1.80 bits per heavy atom. The van der Waals surface area contributed by atoms with E-state index in [0.717, 1.165) is 0 Å². The summed E-state index contributed by atoms with van der Waals surface area (Å²) in [6.45, 7) is 0. The maximum atomic E-state index is 13.3. The molecule has 76 valence electrons. The van der Waals surface area contributed by atoms with E-state index in [0.29, 0.717) is 5.69 Å². The highest BCUT2D eigenvalue weighted by Gasteiger charge is 2.14. The molecule has 0 aliphatic heterocycles. The van der Waals surface area contributed by atoms with E-state index in [1.54, 1.807) is 42.6 Å². The monoisotopic (exact) mass is 203 g/mol. The largest absolute Gasteiger partial charge is 0.382 e. The van der Waals surface area contributed by atoms with Crippen molar-refractivity contribution in [2.75, 3.05) is 0 Å². The number of halogens is 1. The number of benzene rings is 1. The molecule has 2 nitrogen and oxygen atoms in total. The van der Waals surface area contributed by atoms with Crippen LogP contribution in [0, 0.1) is 5.82 Å². The van der Waals surface area contributed by atoms with Crippen molar-refractivity contribution in [1.82, 2.24) is 4.98 Å². The summed E-state index contributed by atoms with van der Waals surface area (Å²) >= 11 is 0. The van der Waals surface area contributed by atoms with Gasteiger partial charge in [0.2, 0.25) is 0 Å². The van der Waals surface area contributed by atoms with Gasteiger partial charge < -0.3 is 5.11 Å². The minimum Gasteiger partial charge on any atom is -0.382 e. The number of hydrogen-bond donors (Lipinski definition) is 1. The summed E-state index contributed by atoms with van der Waals surface area (Å²) < 4.78 is 13.3. The lowest BCUT2D eigenvalue weighted by molar-refractivity contribution is 0.210. The molecule has 2 aromatic rings. The molecule has 0 fully saturated rings. The van der Waals surface area contributed by atoms with Gasteiger partial charge in [-0.1, -0.05) is 24.3 Å². The predicted molar refractivity (Wildman–Crippen MR) is 54.7 cm³/mol. The van der Waals surface area contributed by atoms with Crippen LogP contribution >= 0.6 is 0 Å². The van der Waals surface area contributed by atoms with Gasteiger partial charge in [-0.2, -0.15) is 0 Å². The van der Waals surface area contributed by atoms with Crippen LogP contribution < -0.4 is 0 Å². The summed E-state index contributed by atoms with van der Waals surface area (Å²) in [6, 6.07) is 11.3. The highest BCUT2D eigenvalue weighted by Crippen LogP contribution is 2.21. The predicted octanol–water partition coefficient (Wildman–Crippen LogP) is 2.30. The quantitative estimate of drug-likeness (QED) is 0.812. The maximum absolute atomic E-state index is 13.3. The molecule has 0 spiro atoms. The van der Waals surface area contributed by atoms with Crippen LogP contribution in [-0.2, 0) is 0 Å². The first-order valence-corrected chi connectivity index (χ1v) is 4.62. The van der Waals surface area contributed by atoms with Crippen LogP contribution in [0.4, 0.5) is 4.39 Å². The zero-order valence-corrected chi connectivity index (χ0v) is 7.97. The Bertz CT molecular complexity index is 444. The Balaban J connectivity index is 2.37. The third kappa shape index (κ3) is 2.02. The SMILES string of the molecule is O[C@H](c1ccccn1)c1ccccc1F. The molecule has 1 aromatic carbocycles. The summed E-state index contributed by atoms with van der Waals surface area (Å²) in [5.41, 5.74) is 0.693. The van der Waals surface area contributed by atoms with E-state index in [-0.39, 0.29) is 5.56 Å². The molecule has 1 atom stereocenters. The second-order valence-electron chi connectivity index (χ2n) is 3.18. The van der Waals surface area contributed by atoms with Gasteiger partial charge in [0.05, 0.1) is 5.69 Å². The third-order valence-electron chi connectivity index (χ3n) is 2.17. The molecule has 0 radical (unpaired) electrons. The van der Waals surface area contributed by atoms with Gasteiger partial charge in [0.15, 0.2) is 0 Å². The Morgan fingerprint density at radius 3 is 2.47 bits per heavy atom. The van der Waals surface area contributed by atoms with Crippen molar-refractivity contribution in [2.45, 2.75) is 6.10 Å². The molecular weight excluding hydrogens is 193 g/mol. The van der Waals surface area contributed by atoms with Crippen LogP contribution in [0.5, 0.6) is 0 Å². The van der Waals surface area contributed by atoms with Crippen molar-refractivity contribution in [3.8, 4) is 0 Å². The second-order valence-corrected chi connectivity index (χ2v) is 3.18. The zero-order valence-electron chi connectivity index (χ0n) is 7.97. The summed E-state index contributed by atoms with van der Waals surface area (Å²) in [5, 5.41) is 9.87. The van der Waals surface area contributed by atoms with Crippen LogP contribution in [-0.4, -0.2) is 10.1 Å². The average molecular weight is 203 g/mol. The average Bonchev–Trinajstić information content (AvgIpc) is 2.30. The van der Waals surface area contributed by atoms with Gasteiger partial charge in [0.25, 0.3) is 0 Å². The molecule has 0 saturated heterocycles. The van der Waals surface area contributed by atoms with Crippen LogP contribution in [0.25, 0.3) is 0 Å². The topological polar surface area (TPSA) is 33.1 Å². The standard InChI is InChI=1S/C12H10FNO/c13-10-6-2-1-5-9(10)12(15)11-7-3-4-8-14-11/h1-8,12,15H/t12-/m0/s1. The Labute approximate surface area is 87.0 Å². The summed E-state index contributed by atoms with van der Waals surface area (Å²) in [5.74, 6) is -0.421. The summed E-state index contributed by atoms with van der Waals surface area (Å²) in [6.07, 6.45) is 0.562. The molecule has 0 unspecified atom stereocenters. The molecule has 0 saturated carbocycles. The number of hydrogen-bond acceptors (Lipinski definition) is 2. The fourth-order valence-corrected chi connectivity index (χ4v) is 1.39. The molecule has 3 heteroatoms. The Morgan fingerprint density at radius 1 is 1.07 bits per heavy atom. The van der Waals surface area contributed by atoms with E-state index in [1.807, 2.05) is 0 Å². The maximum Gasteiger partial charge on any atom is 0.129 e. The van der Waals surface area contributed by atoms with Crippen LogP contribution in [0.2, 0.25) is 0 Å². The lowest BCUT2D eigenvalue weighted by Gasteiger charge is -2.10. The first-order valence-electron chi connectivity index (χ1n) is 4.62. The molecule has 1 aromatic heterocycles. The number of aromatic nitrogens is 1. The van der Waals surface area contributed by atoms with E-state index in [9.17, 15) is 9.50 Å². The molecule has 1 heterocycles. The fraction of sp³-hybridized carbons (Fsp3) is 0.0833. The van der Waals surface area contributed by atoms with E-state index in [1.165, 1.54) is 6.07 Å².